The van der Waals surface area contributed by atoms with E-state index in [2.05, 4.69) is 5.32 Å². The quantitative estimate of drug-likeness (QED) is 0.139. The Morgan fingerprint density at radius 3 is 2.49 bits per heavy atom. The number of carbonyl (C=O) groups is 4. The average molecular weight is 855 g/mol. The first-order valence-electron chi connectivity index (χ1n) is 19.2. The number of benzene rings is 1. The first kappa shape index (κ1) is 46.9. The molecular weight excluding hydrogens is 794 g/mol. The molecule has 0 aromatic heterocycles. The third-order valence-corrected chi connectivity index (χ3v) is 14.5. The second kappa shape index (κ2) is 19.5. The molecule has 2 N–H and O–H groups in total. The van der Waals surface area contributed by atoms with E-state index >= 15 is 0 Å². The van der Waals surface area contributed by atoms with Crippen LogP contribution in [0.1, 0.15) is 71.4 Å². The standard InChI is InChI=1S/C41H60ClN3O10S2/c1-24-13-12-14-26(3)41(50)21-31(53-38(49)43-41)27(4)36-39(6,55-36)32(20-34(47)45(8)30-19-29(17-24)18-25(2)35(30)42)54-37(48)28(5)44(7)33(46)15-16-40(22-51-9,23-52-10)57-56-11/h12-14,18-19,26-28,31-32,36,50H,15-17,20-23H2,1-11H3,(H,43,49)/b14-12+,24-13+/t26-,27-,28-,31+,32?,36+,39+,41+/m1/s1. The van der Waals surface area contributed by atoms with Gasteiger partial charge in [0.2, 0.25) is 11.8 Å². The zero-order chi connectivity index (χ0) is 42.5. The van der Waals surface area contributed by atoms with Gasteiger partial charge in [0.1, 0.15) is 29.6 Å². The second-order valence-corrected chi connectivity index (χ2v) is 19.2. The SMILES string of the molecule is COCC(CCC(=O)N(C)[C@H](C)C(=O)OC1CC(=O)N(C)c2cc(cc(C)c2Cl)C/C(C)=C/C=C/[C@@H](C)[C@@]2(O)C[C@H](OC(=O)N2)[C@@H](C)[C@@H]2O[C@@]12C)(COC)SSC. The summed E-state index contributed by atoms with van der Waals surface area (Å²) in [5, 5.41) is 14.7. The molecule has 3 amide bonds. The molecule has 2 saturated heterocycles. The van der Waals surface area contributed by atoms with Crippen molar-refractivity contribution in [2.75, 3.05) is 52.7 Å². The first-order chi connectivity index (χ1) is 26.7. The Morgan fingerprint density at radius 2 is 1.86 bits per heavy atom. The van der Waals surface area contributed by atoms with Crippen LogP contribution < -0.4 is 10.2 Å². The number of epoxide rings is 1. The number of carbonyl (C=O) groups excluding carboxylic acids is 4. The Bertz CT molecular complexity index is 1700. The van der Waals surface area contributed by atoms with Gasteiger partial charge in [-0.3, -0.25) is 14.9 Å². The molecule has 3 aliphatic rings. The van der Waals surface area contributed by atoms with Gasteiger partial charge >= 0.3 is 12.1 Å². The van der Waals surface area contributed by atoms with E-state index in [9.17, 15) is 24.3 Å². The van der Waals surface area contributed by atoms with Crippen molar-refractivity contribution < 1.29 is 48.0 Å². The summed E-state index contributed by atoms with van der Waals surface area (Å²) in [5.74, 6) is -2.32. The number of esters is 1. The highest BCUT2D eigenvalue weighted by Crippen LogP contribution is 2.49. The second-order valence-electron chi connectivity index (χ2n) is 15.9. The Kier molecular flexibility index (Phi) is 16.1. The number of nitrogens with one attached hydrogen (secondary N) is 1. The van der Waals surface area contributed by atoms with Gasteiger partial charge in [-0.1, -0.05) is 76.9 Å². The van der Waals surface area contributed by atoms with Gasteiger partial charge in [0.05, 0.1) is 41.2 Å². The van der Waals surface area contributed by atoms with E-state index in [0.29, 0.717) is 36.8 Å². The first-order valence-corrected chi connectivity index (χ1v) is 22.1. The van der Waals surface area contributed by atoms with Crippen molar-refractivity contribution in [3.8, 4) is 0 Å². The summed E-state index contributed by atoms with van der Waals surface area (Å²) in [6, 6.07) is 2.84. The number of likely N-dealkylation sites (N-methyl/N-ethyl adjacent to an activating group) is 1. The van der Waals surface area contributed by atoms with Gasteiger partial charge in [-0.25, -0.2) is 9.59 Å². The van der Waals surface area contributed by atoms with Crippen molar-refractivity contribution in [3.05, 3.63) is 52.1 Å². The minimum Gasteiger partial charge on any atom is -0.457 e. The van der Waals surface area contributed by atoms with Crippen LogP contribution in [-0.2, 0) is 44.5 Å². The molecule has 3 aliphatic heterocycles. The van der Waals surface area contributed by atoms with Crippen molar-refractivity contribution in [2.24, 2.45) is 11.8 Å². The molecule has 4 rings (SSSR count). The number of fused-ring (bicyclic) bond motifs is 5. The maximum atomic E-state index is 14.2. The van der Waals surface area contributed by atoms with Crippen molar-refractivity contribution in [3.63, 3.8) is 0 Å². The molecule has 318 valence electrons. The molecule has 1 aromatic carbocycles. The van der Waals surface area contributed by atoms with E-state index in [1.807, 2.05) is 64.3 Å². The number of hydrogen-bond acceptors (Lipinski definition) is 12. The highest BCUT2D eigenvalue weighted by molar-refractivity contribution is 8.77. The van der Waals surface area contributed by atoms with E-state index in [1.165, 1.54) is 9.80 Å². The molecule has 13 nitrogen and oxygen atoms in total. The van der Waals surface area contributed by atoms with Crippen LogP contribution in [0.5, 0.6) is 0 Å². The molecule has 1 unspecified atom stereocenters. The number of allylic oxidation sites excluding steroid dienone is 3. The molecule has 4 bridgehead atoms. The van der Waals surface area contributed by atoms with E-state index in [0.717, 1.165) is 16.7 Å². The van der Waals surface area contributed by atoms with Crippen molar-refractivity contribution >= 4 is 62.8 Å². The van der Waals surface area contributed by atoms with Crippen LogP contribution in [0.4, 0.5) is 10.5 Å². The smallest absolute Gasteiger partial charge is 0.409 e. The molecule has 0 aliphatic carbocycles. The number of ether oxygens (including phenoxy) is 5. The average Bonchev–Trinajstić information content (AvgIpc) is 3.85. The molecular formula is C41H60ClN3O10S2. The van der Waals surface area contributed by atoms with Gasteiger partial charge in [0.15, 0.2) is 0 Å². The lowest BCUT2D eigenvalue weighted by Gasteiger charge is -2.41. The molecule has 2 fully saturated rings. The molecule has 1 aromatic rings. The lowest BCUT2D eigenvalue weighted by atomic mass is 9.82. The van der Waals surface area contributed by atoms with Crippen LogP contribution in [-0.4, -0.2) is 122 Å². The molecule has 0 radical (unpaired) electrons. The Labute approximate surface area is 350 Å². The monoisotopic (exact) mass is 853 g/mol. The van der Waals surface area contributed by atoms with Crippen LogP contribution in [0.25, 0.3) is 0 Å². The maximum Gasteiger partial charge on any atom is 0.409 e. The minimum absolute atomic E-state index is 0.0647. The predicted octanol–water partition coefficient (Wildman–Crippen LogP) is 6.26. The Morgan fingerprint density at radius 1 is 1.19 bits per heavy atom. The Balaban J connectivity index is 1.66. The lowest BCUT2D eigenvalue weighted by Crippen LogP contribution is -2.60. The molecule has 16 heteroatoms. The number of rotatable bonds is 12. The molecule has 0 spiro atoms. The summed E-state index contributed by atoms with van der Waals surface area (Å²) in [7, 11) is 9.54. The van der Waals surface area contributed by atoms with Crippen LogP contribution in [0, 0.1) is 18.8 Å². The van der Waals surface area contributed by atoms with Crippen molar-refractivity contribution in [1.29, 1.82) is 0 Å². The number of halogens is 1. The third-order valence-electron chi connectivity index (χ3n) is 11.5. The van der Waals surface area contributed by atoms with Gasteiger partial charge in [0, 0.05) is 53.0 Å². The fourth-order valence-corrected chi connectivity index (χ4v) is 10.4. The topological polar surface area (TPSA) is 156 Å². The van der Waals surface area contributed by atoms with E-state index in [4.69, 9.17) is 35.3 Å². The van der Waals surface area contributed by atoms with E-state index in [1.54, 1.807) is 63.8 Å². The number of methoxy groups -OCH3 is 2. The highest BCUT2D eigenvalue weighted by atomic mass is 35.5. The number of aryl methyl sites for hydroxylation is 1. The summed E-state index contributed by atoms with van der Waals surface area (Å²) in [6.07, 6.45) is 5.27. The number of anilines is 1. The Hall–Kier alpha value is -2.79. The third kappa shape index (κ3) is 11.1. The van der Waals surface area contributed by atoms with Crippen LogP contribution >= 0.6 is 33.2 Å². The molecule has 0 saturated carbocycles. The molecule has 3 heterocycles. The van der Waals surface area contributed by atoms with Crippen LogP contribution in [0.3, 0.4) is 0 Å². The zero-order valence-electron chi connectivity index (χ0n) is 35.0. The van der Waals surface area contributed by atoms with Gasteiger partial charge in [0.25, 0.3) is 0 Å². The number of amides is 3. The van der Waals surface area contributed by atoms with E-state index in [-0.39, 0.29) is 31.1 Å². The summed E-state index contributed by atoms with van der Waals surface area (Å²) < 4.78 is 28.7. The van der Waals surface area contributed by atoms with Gasteiger partial charge in [-0.2, -0.15) is 0 Å². The summed E-state index contributed by atoms with van der Waals surface area (Å²) >= 11 is 6.81. The molecule has 8 atom stereocenters. The zero-order valence-corrected chi connectivity index (χ0v) is 37.4. The van der Waals surface area contributed by atoms with Gasteiger partial charge in [-0.05, 0) is 64.0 Å². The van der Waals surface area contributed by atoms with Crippen LogP contribution in [0.2, 0.25) is 5.02 Å². The lowest BCUT2D eigenvalue weighted by molar-refractivity contribution is -0.162. The predicted molar refractivity (Wildman–Crippen MR) is 224 cm³/mol. The number of aliphatic hydroxyl groups is 1. The summed E-state index contributed by atoms with van der Waals surface area (Å²) in [5.41, 5.74) is 0.457. The number of alkyl carbamates (subject to hydrolysis) is 1. The van der Waals surface area contributed by atoms with Crippen molar-refractivity contribution in [1.82, 2.24) is 10.2 Å². The van der Waals surface area contributed by atoms with Crippen molar-refractivity contribution in [2.45, 2.75) is 114 Å². The van der Waals surface area contributed by atoms with E-state index < -0.39 is 64.3 Å². The van der Waals surface area contributed by atoms with Gasteiger partial charge in [-0.15, -0.1) is 0 Å². The normalized spacial score (nSPS) is 30.2. The van der Waals surface area contributed by atoms with Crippen LogP contribution in [0.15, 0.2) is 35.9 Å². The largest absolute Gasteiger partial charge is 0.457 e. The highest BCUT2D eigenvalue weighted by Gasteiger charge is 2.64. The molecule has 57 heavy (non-hydrogen) atoms. The maximum absolute atomic E-state index is 14.2. The summed E-state index contributed by atoms with van der Waals surface area (Å²) in [6.45, 7) is 11.6. The number of hydrogen-bond donors (Lipinski definition) is 2. The van der Waals surface area contributed by atoms with Gasteiger partial charge < -0.3 is 38.6 Å². The summed E-state index contributed by atoms with van der Waals surface area (Å²) in [4.78, 5) is 57.4. The number of nitrogens with zero attached hydrogens (tertiary/aromatic N) is 2. The fraction of sp³-hybridized carbons (Fsp3) is 0.659. The fourth-order valence-electron chi connectivity index (χ4n) is 7.65. The minimum atomic E-state index is -1.61.